The summed E-state index contributed by atoms with van der Waals surface area (Å²) in [7, 11) is 0. The van der Waals surface area contributed by atoms with Crippen LogP contribution >= 0.6 is 0 Å². The third-order valence-corrected chi connectivity index (χ3v) is 6.12. The highest BCUT2D eigenvalue weighted by atomic mass is 16.2. The molecule has 0 aliphatic carbocycles. The third-order valence-electron chi connectivity index (χ3n) is 6.12. The molecule has 1 saturated heterocycles. The Labute approximate surface area is 203 Å². The molecule has 178 valence electrons. The van der Waals surface area contributed by atoms with Crippen molar-refractivity contribution in [1.82, 2.24) is 20.2 Å². The molecule has 1 aromatic heterocycles. The van der Waals surface area contributed by atoms with Crippen LogP contribution in [-0.2, 0) is 4.79 Å². The van der Waals surface area contributed by atoms with Crippen LogP contribution in [0, 0.1) is 6.92 Å². The van der Waals surface area contributed by atoms with Crippen molar-refractivity contribution in [3.63, 3.8) is 0 Å². The lowest BCUT2D eigenvalue weighted by atomic mass is 9.91. The quantitative estimate of drug-likeness (QED) is 0.334. The van der Waals surface area contributed by atoms with Crippen LogP contribution in [0.2, 0.25) is 0 Å². The number of H-pyrrole nitrogens is 1. The average Bonchev–Trinajstić information content (AvgIpc) is 3.42. The van der Waals surface area contributed by atoms with Crippen LogP contribution in [0.25, 0.3) is 11.0 Å². The number of carbonyl (C=O) groups is 2. The summed E-state index contributed by atoms with van der Waals surface area (Å²) in [4.78, 5) is 36.2. The normalized spacial score (nSPS) is 17.2. The number of amides is 3. The van der Waals surface area contributed by atoms with E-state index in [1.165, 1.54) is 4.90 Å². The van der Waals surface area contributed by atoms with Gasteiger partial charge in [0.25, 0.3) is 5.91 Å². The van der Waals surface area contributed by atoms with Gasteiger partial charge in [0.1, 0.15) is 17.9 Å². The van der Waals surface area contributed by atoms with E-state index in [9.17, 15) is 9.59 Å². The molecule has 2 heterocycles. The van der Waals surface area contributed by atoms with Gasteiger partial charge in [0, 0.05) is 8.77 Å². The highest BCUT2D eigenvalue weighted by Crippen LogP contribution is 2.39. The molecule has 6 heteroatoms. The van der Waals surface area contributed by atoms with Crippen LogP contribution in [0.5, 0.6) is 0 Å². The van der Waals surface area contributed by atoms with Crippen molar-refractivity contribution in [2.75, 3.05) is 0 Å². The predicted molar refractivity (Wildman–Crippen MR) is 139 cm³/mol. The van der Waals surface area contributed by atoms with E-state index in [1.54, 1.807) is 0 Å². The molecule has 0 saturated carbocycles. The monoisotopic (exact) mass is 458 g/mol. The van der Waals surface area contributed by atoms with Crippen molar-refractivity contribution in [2.24, 2.45) is 0 Å². The zero-order valence-corrected chi connectivity index (χ0v) is 19.9. The molecule has 0 radical (unpaired) electrons. The van der Waals surface area contributed by atoms with Crippen molar-refractivity contribution in [3.05, 3.63) is 101 Å². The number of carbonyl (C=O) groups excluding carboxylic acids is 2. The number of hydrogen-bond acceptors (Lipinski definition) is 3. The number of aromatic amines is 1. The summed E-state index contributed by atoms with van der Waals surface area (Å²) in [6.45, 7) is 8.04. The van der Waals surface area contributed by atoms with E-state index in [0.29, 0.717) is 5.82 Å². The van der Waals surface area contributed by atoms with Gasteiger partial charge < -0.3 is 10.3 Å². The number of hydrogen-bond donors (Lipinski definition) is 2. The number of nitrogens with zero attached hydrogens (tertiary/aromatic N) is 2. The fourth-order valence-corrected chi connectivity index (χ4v) is 4.43. The molecule has 2 N–H and O–H groups in total. The summed E-state index contributed by atoms with van der Waals surface area (Å²) >= 11 is 0. The van der Waals surface area contributed by atoms with Gasteiger partial charge in [-0.25, -0.2) is 9.78 Å². The zero-order valence-electron chi connectivity index (χ0n) is 19.9. The molecule has 0 bridgehead atoms. The topological polar surface area (TPSA) is 78.1 Å². The summed E-state index contributed by atoms with van der Waals surface area (Å²) in [5.74, 6) is 0.159. The number of nitrogens with one attached hydrogen (secondary N) is 2. The largest absolute Gasteiger partial charge is 0.340 e. The molecule has 6 nitrogen and oxygen atoms in total. The van der Waals surface area contributed by atoms with Gasteiger partial charge in [0.2, 0.25) is 0 Å². The van der Waals surface area contributed by atoms with E-state index in [2.05, 4.69) is 10.3 Å². The summed E-state index contributed by atoms with van der Waals surface area (Å²) in [6, 6.07) is 23.5. The van der Waals surface area contributed by atoms with Crippen LogP contribution < -0.4 is 5.32 Å². The zero-order chi connectivity index (χ0) is 24.2. The van der Waals surface area contributed by atoms with Crippen molar-refractivity contribution < 1.29 is 12.4 Å². The summed E-state index contributed by atoms with van der Waals surface area (Å²) < 4.78 is 0. The first-order valence-electron chi connectivity index (χ1n) is 11.7. The smallest absolute Gasteiger partial charge is 0.325 e. The molecule has 1 aliphatic heterocycles. The number of imidazole rings is 1. The second kappa shape index (κ2) is 9.91. The van der Waals surface area contributed by atoms with Crippen molar-refractivity contribution >= 4 is 23.0 Å². The second-order valence-corrected chi connectivity index (χ2v) is 8.29. The standard InChI is InChI=1S/C26H24N4O2.C2H6.2H2/c1-16-13-14-20-21(15-16)28-24(27-20)23(17(2)18-9-5-3-6-10-18)30-25(31)22(29-26(30)32)19-11-7-4-8-12-19;1-2;;/h3-15,17,22-23H,1-2H3,(H,27,28)(H,29,32);1-2H3;2*1H/t17-,22+,23-;;;/m0.../s1. The minimum atomic E-state index is -0.708. The summed E-state index contributed by atoms with van der Waals surface area (Å²) in [6.07, 6.45) is 0. The van der Waals surface area contributed by atoms with Gasteiger partial charge >= 0.3 is 6.03 Å². The lowest BCUT2D eigenvalue weighted by Crippen LogP contribution is -2.38. The van der Waals surface area contributed by atoms with Gasteiger partial charge in [0.05, 0.1) is 11.0 Å². The Morgan fingerprint density at radius 1 is 0.941 bits per heavy atom. The SMILES string of the molecule is CC.Cc1ccc2nc([C@H]([C@@H](C)c3ccccc3)N3C(=O)N[C@H](c4ccccc4)C3=O)[nH]c2c1.[HH].[HH]. The predicted octanol–water partition coefficient (Wildman–Crippen LogP) is 6.53. The lowest BCUT2D eigenvalue weighted by molar-refractivity contribution is -0.129. The third kappa shape index (κ3) is 4.31. The van der Waals surface area contributed by atoms with Gasteiger partial charge in [-0.1, -0.05) is 87.5 Å². The lowest BCUT2D eigenvalue weighted by Gasteiger charge is -2.29. The molecule has 0 unspecified atom stereocenters. The molecule has 1 fully saturated rings. The first-order valence-corrected chi connectivity index (χ1v) is 11.7. The van der Waals surface area contributed by atoms with E-state index < -0.39 is 18.1 Å². The number of fused-ring (bicyclic) bond motifs is 1. The van der Waals surface area contributed by atoms with Gasteiger partial charge in [0.15, 0.2) is 0 Å². The highest BCUT2D eigenvalue weighted by Gasteiger charge is 2.46. The summed E-state index contributed by atoms with van der Waals surface area (Å²) in [5.41, 5.74) is 4.59. The fourth-order valence-electron chi connectivity index (χ4n) is 4.43. The van der Waals surface area contributed by atoms with E-state index in [1.807, 2.05) is 107 Å². The maximum Gasteiger partial charge on any atom is 0.325 e. The Hall–Kier alpha value is -3.93. The minimum Gasteiger partial charge on any atom is -0.340 e. The molecule has 5 rings (SSSR count). The maximum atomic E-state index is 13.5. The van der Waals surface area contributed by atoms with E-state index in [4.69, 9.17) is 4.98 Å². The Bertz CT molecular complexity index is 1290. The molecule has 4 aromatic rings. The molecule has 0 spiro atoms. The second-order valence-electron chi connectivity index (χ2n) is 8.29. The Morgan fingerprint density at radius 2 is 1.59 bits per heavy atom. The van der Waals surface area contributed by atoms with Gasteiger partial charge in [-0.05, 0) is 35.7 Å². The maximum absolute atomic E-state index is 13.5. The van der Waals surface area contributed by atoms with Crippen molar-refractivity contribution in [2.45, 2.75) is 45.7 Å². The van der Waals surface area contributed by atoms with Gasteiger partial charge in [-0.15, -0.1) is 0 Å². The van der Waals surface area contributed by atoms with E-state index in [0.717, 1.165) is 27.7 Å². The van der Waals surface area contributed by atoms with Crippen LogP contribution in [0.4, 0.5) is 4.79 Å². The van der Waals surface area contributed by atoms with Crippen LogP contribution in [-0.4, -0.2) is 26.8 Å². The van der Waals surface area contributed by atoms with Crippen LogP contribution in [0.15, 0.2) is 78.9 Å². The molecule has 3 atom stereocenters. The Morgan fingerprint density at radius 3 is 2.26 bits per heavy atom. The van der Waals surface area contributed by atoms with Gasteiger partial charge in [-0.3, -0.25) is 9.69 Å². The average molecular weight is 459 g/mol. The minimum absolute atomic E-state index is 0. The highest BCUT2D eigenvalue weighted by molar-refractivity contribution is 6.05. The Kier molecular flexibility index (Phi) is 6.77. The molecule has 1 aliphatic rings. The number of benzene rings is 3. The van der Waals surface area contributed by atoms with Crippen molar-refractivity contribution in [3.8, 4) is 0 Å². The fraction of sp³-hybridized carbons (Fsp3) is 0.250. The Balaban J connectivity index is 0.00000111. The first kappa shape index (κ1) is 23.2. The van der Waals surface area contributed by atoms with E-state index >= 15 is 0 Å². The molecular formula is C28H34N4O2. The molecule has 3 aromatic carbocycles. The van der Waals surface area contributed by atoms with Crippen LogP contribution in [0.3, 0.4) is 0 Å². The van der Waals surface area contributed by atoms with Gasteiger partial charge in [-0.2, -0.15) is 0 Å². The van der Waals surface area contributed by atoms with Crippen molar-refractivity contribution in [1.29, 1.82) is 0 Å². The first-order chi connectivity index (χ1) is 16.5. The molecular weight excluding hydrogens is 424 g/mol. The molecule has 3 amide bonds. The number of urea groups is 1. The summed E-state index contributed by atoms with van der Waals surface area (Å²) in [5, 5.41) is 2.87. The van der Waals surface area contributed by atoms with Crippen LogP contribution in [0.1, 0.15) is 64.1 Å². The number of rotatable bonds is 5. The number of aryl methyl sites for hydroxylation is 1. The van der Waals surface area contributed by atoms with E-state index in [-0.39, 0.29) is 14.7 Å². The number of aromatic nitrogens is 2. The molecule has 34 heavy (non-hydrogen) atoms. The number of imide groups is 1.